The quantitative estimate of drug-likeness (QED) is 0.0725. The minimum absolute atomic E-state index is 0.0586. The Morgan fingerprint density at radius 1 is 0.619 bits per heavy atom. The number of nitrogens with one attached hydrogen (secondary N) is 2. The van der Waals surface area contributed by atoms with Gasteiger partial charge in [0.15, 0.2) is 34.3 Å². The van der Waals surface area contributed by atoms with Gasteiger partial charge in [-0.3, -0.25) is 0 Å². The van der Waals surface area contributed by atoms with Crippen LogP contribution in [0.5, 0.6) is 34.5 Å². The molecule has 0 amide bonds. The zero-order valence-corrected chi connectivity index (χ0v) is 35.2. The standard InChI is InChI=1S/C24H22N4O5.C22H22N4O4/c1-31-19-12-17(13-20(32-2)23(19)33-3)26-21-9-10-28-24(27-21)18(14-25-28)16-6-4-5-15(11-16)7-8-22(29)30;1-28-18-10-15(11-19(29-2)21(18)30-3)24-20-8-9-26-22(25-20)17(12-23-26)16-7-5-4-6-14(16)13-27/h4-14H,1-3H3,(H,26,27)(H,29,30);4-12,27H,13H2,1-3H3,(H,24,25)/b8-7+;. The molecule has 0 fully saturated rings. The molecular weight excluding hydrogens is 809 g/mol. The first-order valence-electron chi connectivity index (χ1n) is 19.2. The second kappa shape index (κ2) is 19.4. The molecule has 4 aromatic carbocycles. The molecule has 17 heteroatoms. The smallest absolute Gasteiger partial charge is 0.328 e. The first kappa shape index (κ1) is 42.8. The van der Waals surface area contributed by atoms with Crippen LogP contribution in [-0.2, 0) is 11.4 Å². The highest BCUT2D eigenvalue weighted by molar-refractivity contribution is 5.86. The normalized spacial score (nSPS) is 10.9. The molecule has 0 aliphatic rings. The Labute approximate surface area is 361 Å². The van der Waals surface area contributed by atoms with Gasteiger partial charge in [0.25, 0.3) is 0 Å². The van der Waals surface area contributed by atoms with Crippen molar-refractivity contribution in [3.8, 4) is 56.8 Å². The Kier molecular flexibility index (Phi) is 13.2. The molecule has 8 aromatic rings. The van der Waals surface area contributed by atoms with Crippen molar-refractivity contribution in [3.05, 3.63) is 127 Å². The summed E-state index contributed by atoms with van der Waals surface area (Å²) in [4.78, 5) is 20.3. The van der Waals surface area contributed by atoms with E-state index in [0.29, 0.717) is 63.1 Å². The highest BCUT2D eigenvalue weighted by atomic mass is 16.5. The third-order valence-corrected chi connectivity index (χ3v) is 9.71. The summed E-state index contributed by atoms with van der Waals surface area (Å²) >= 11 is 0. The SMILES string of the molecule is COc1cc(Nc2ccn3ncc(-c4cccc(/C=C/C(=O)O)c4)c3n2)cc(OC)c1OC.COc1cc(Nc2ccn3ncc(-c4ccccc4CO)c3n2)cc(OC)c1OC. The van der Waals surface area contributed by atoms with E-state index in [9.17, 15) is 9.90 Å². The molecular formula is C46H44N8O9. The number of aliphatic hydroxyl groups excluding tert-OH is 1. The number of anilines is 4. The number of nitrogens with zero attached hydrogens (tertiary/aromatic N) is 6. The number of carbonyl (C=O) groups is 1. The lowest BCUT2D eigenvalue weighted by Gasteiger charge is -2.15. The monoisotopic (exact) mass is 852 g/mol. The molecule has 0 saturated heterocycles. The molecule has 4 heterocycles. The van der Waals surface area contributed by atoms with Gasteiger partial charge in [0.05, 0.1) is 61.7 Å². The van der Waals surface area contributed by atoms with Crippen molar-refractivity contribution in [1.82, 2.24) is 29.2 Å². The van der Waals surface area contributed by atoms with Gasteiger partial charge in [0.1, 0.15) is 11.6 Å². The molecule has 8 rings (SSSR count). The van der Waals surface area contributed by atoms with Crippen LogP contribution in [0.4, 0.5) is 23.0 Å². The van der Waals surface area contributed by atoms with E-state index in [-0.39, 0.29) is 6.61 Å². The zero-order valence-electron chi connectivity index (χ0n) is 35.2. The molecule has 17 nitrogen and oxygen atoms in total. The Morgan fingerprint density at radius 2 is 1.13 bits per heavy atom. The van der Waals surface area contributed by atoms with Crippen LogP contribution in [0, 0.1) is 0 Å². The fraction of sp³-hybridized carbons (Fsp3) is 0.152. The maximum absolute atomic E-state index is 10.8. The van der Waals surface area contributed by atoms with Gasteiger partial charge in [-0.05, 0) is 46.5 Å². The van der Waals surface area contributed by atoms with Crippen LogP contribution in [0.3, 0.4) is 0 Å². The Hall–Kier alpha value is -8.31. The molecule has 0 aliphatic heterocycles. The van der Waals surface area contributed by atoms with E-state index in [1.165, 1.54) is 0 Å². The molecule has 4 aromatic heterocycles. The van der Waals surface area contributed by atoms with Crippen molar-refractivity contribution in [1.29, 1.82) is 0 Å². The lowest BCUT2D eigenvalue weighted by molar-refractivity contribution is -0.131. The zero-order chi connectivity index (χ0) is 44.5. The lowest BCUT2D eigenvalue weighted by atomic mass is 10.0. The van der Waals surface area contributed by atoms with Gasteiger partial charge in [-0.25, -0.2) is 23.8 Å². The van der Waals surface area contributed by atoms with Gasteiger partial charge in [0, 0.05) is 65.2 Å². The predicted octanol–water partition coefficient (Wildman–Crippen LogP) is 7.92. The average Bonchev–Trinajstić information content (AvgIpc) is 3.94. The molecule has 0 spiro atoms. The fourth-order valence-corrected chi connectivity index (χ4v) is 6.77. The van der Waals surface area contributed by atoms with Crippen LogP contribution in [0.2, 0.25) is 0 Å². The van der Waals surface area contributed by atoms with E-state index in [1.54, 1.807) is 94.6 Å². The average molecular weight is 853 g/mol. The summed E-state index contributed by atoms with van der Waals surface area (Å²) in [6.45, 7) is -0.0586. The first-order chi connectivity index (χ1) is 30.7. The molecule has 0 radical (unpaired) electrons. The van der Waals surface area contributed by atoms with Crippen LogP contribution in [-0.4, -0.2) is 88.0 Å². The maximum Gasteiger partial charge on any atom is 0.328 e. The fourth-order valence-electron chi connectivity index (χ4n) is 6.77. The van der Waals surface area contributed by atoms with Crippen LogP contribution < -0.4 is 39.1 Å². The summed E-state index contributed by atoms with van der Waals surface area (Å²) in [6, 6.07) is 26.0. The number of rotatable bonds is 15. The van der Waals surface area contributed by atoms with E-state index >= 15 is 0 Å². The number of aliphatic carboxylic acids is 1. The van der Waals surface area contributed by atoms with Crippen molar-refractivity contribution in [2.75, 3.05) is 53.3 Å². The van der Waals surface area contributed by atoms with Gasteiger partial charge in [-0.15, -0.1) is 0 Å². The number of benzene rings is 4. The number of aliphatic hydroxyl groups is 1. The van der Waals surface area contributed by atoms with Gasteiger partial charge in [-0.2, -0.15) is 10.2 Å². The topological polar surface area (TPSA) is 197 Å². The molecule has 0 bridgehead atoms. The van der Waals surface area contributed by atoms with E-state index < -0.39 is 5.97 Å². The minimum Gasteiger partial charge on any atom is -0.493 e. The third-order valence-electron chi connectivity index (χ3n) is 9.71. The summed E-state index contributed by atoms with van der Waals surface area (Å²) < 4.78 is 35.8. The number of methoxy groups -OCH3 is 6. The van der Waals surface area contributed by atoms with Gasteiger partial charge in [0.2, 0.25) is 11.5 Å². The summed E-state index contributed by atoms with van der Waals surface area (Å²) in [5.74, 6) is 3.38. The van der Waals surface area contributed by atoms with Gasteiger partial charge < -0.3 is 49.3 Å². The number of ether oxygens (including phenoxy) is 6. The molecule has 0 saturated carbocycles. The minimum atomic E-state index is -0.999. The first-order valence-corrected chi connectivity index (χ1v) is 19.2. The van der Waals surface area contributed by atoms with Crippen LogP contribution in [0.1, 0.15) is 11.1 Å². The summed E-state index contributed by atoms with van der Waals surface area (Å²) in [5, 5.41) is 33.9. The van der Waals surface area contributed by atoms with E-state index in [2.05, 4.69) is 20.8 Å². The second-order valence-corrected chi connectivity index (χ2v) is 13.5. The third kappa shape index (κ3) is 9.38. The van der Waals surface area contributed by atoms with Crippen molar-refractivity contribution in [3.63, 3.8) is 0 Å². The van der Waals surface area contributed by atoms with Gasteiger partial charge >= 0.3 is 5.97 Å². The molecule has 4 N–H and O–H groups in total. The van der Waals surface area contributed by atoms with E-state index in [0.717, 1.165) is 45.1 Å². The molecule has 0 aliphatic carbocycles. The van der Waals surface area contributed by atoms with E-state index in [4.69, 9.17) is 43.5 Å². The summed E-state index contributed by atoms with van der Waals surface area (Å²) in [5.41, 5.74) is 7.77. The van der Waals surface area contributed by atoms with Crippen molar-refractivity contribution in [2.45, 2.75) is 6.61 Å². The predicted molar refractivity (Wildman–Crippen MR) is 238 cm³/mol. The summed E-state index contributed by atoms with van der Waals surface area (Å²) in [6.07, 6.45) is 9.76. The molecule has 0 atom stereocenters. The Morgan fingerprint density at radius 3 is 1.62 bits per heavy atom. The largest absolute Gasteiger partial charge is 0.493 e. The van der Waals surface area contributed by atoms with Crippen LogP contribution in [0.15, 0.2) is 116 Å². The van der Waals surface area contributed by atoms with Crippen LogP contribution >= 0.6 is 0 Å². The van der Waals surface area contributed by atoms with Gasteiger partial charge in [-0.1, -0.05) is 42.5 Å². The van der Waals surface area contributed by atoms with Crippen molar-refractivity contribution < 1.29 is 43.4 Å². The molecule has 0 unspecified atom stereocenters. The van der Waals surface area contributed by atoms with Crippen molar-refractivity contribution in [2.24, 2.45) is 0 Å². The van der Waals surface area contributed by atoms with Crippen molar-refractivity contribution >= 4 is 46.4 Å². The second-order valence-electron chi connectivity index (χ2n) is 13.5. The number of carboxylic acids is 1. The number of hydrogen-bond acceptors (Lipinski definition) is 14. The maximum atomic E-state index is 10.8. The number of fused-ring (bicyclic) bond motifs is 2. The highest BCUT2D eigenvalue weighted by Crippen LogP contribution is 2.42. The molecule has 63 heavy (non-hydrogen) atoms. The Bertz CT molecular complexity index is 2880. The van der Waals surface area contributed by atoms with E-state index in [1.807, 2.05) is 72.9 Å². The highest BCUT2D eigenvalue weighted by Gasteiger charge is 2.17. The lowest BCUT2D eigenvalue weighted by Crippen LogP contribution is -2.00. The van der Waals surface area contributed by atoms with Crippen LogP contribution in [0.25, 0.3) is 39.6 Å². The Balaban J connectivity index is 0.000000190. The number of hydrogen-bond donors (Lipinski definition) is 4. The number of aromatic nitrogens is 6. The number of carboxylic acid groups (broad SMARTS) is 1. The molecule has 322 valence electrons. The summed E-state index contributed by atoms with van der Waals surface area (Å²) in [7, 11) is 9.38.